The van der Waals surface area contributed by atoms with Gasteiger partial charge in [-0.1, -0.05) is 6.07 Å². The van der Waals surface area contributed by atoms with Gasteiger partial charge >= 0.3 is 6.09 Å². The van der Waals surface area contributed by atoms with E-state index in [-0.39, 0.29) is 11.9 Å². The van der Waals surface area contributed by atoms with Gasteiger partial charge in [0.25, 0.3) is 0 Å². The van der Waals surface area contributed by atoms with Crippen LogP contribution in [0.5, 0.6) is 0 Å². The first-order chi connectivity index (χ1) is 7.16. The Balaban J connectivity index is 2.21. The van der Waals surface area contributed by atoms with Crippen molar-refractivity contribution in [3.05, 3.63) is 34.1 Å². The highest BCUT2D eigenvalue weighted by Gasteiger charge is 2.21. The Labute approximate surface area is 94.7 Å². The maximum absolute atomic E-state index is 13.2. The quantitative estimate of drug-likeness (QED) is 0.855. The molecule has 1 aliphatic heterocycles. The summed E-state index contributed by atoms with van der Waals surface area (Å²) in [5, 5.41) is 2.64. The molecule has 0 radical (unpaired) electrons. The average molecular weight is 274 g/mol. The van der Waals surface area contributed by atoms with Crippen LogP contribution in [0.2, 0.25) is 0 Å². The minimum atomic E-state index is -0.449. The van der Waals surface area contributed by atoms with Gasteiger partial charge in [0.2, 0.25) is 0 Å². The number of cyclic esters (lactones) is 1. The van der Waals surface area contributed by atoms with Crippen LogP contribution in [-0.4, -0.2) is 12.7 Å². The Bertz CT molecular complexity index is 397. The molecule has 0 saturated carbocycles. The highest BCUT2D eigenvalue weighted by Crippen LogP contribution is 2.24. The van der Waals surface area contributed by atoms with Crippen LogP contribution in [-0.2, 0) is 4.74 Å². The first-order valence-electron chi connectivity index (χ1n) is 4.55. The second kappa shape index (κ2) is 4.18. The molecule has 1 atom stereocenters. The number of alkyl carbamates (subject to hydrolysis) is 1. The highest BCUT2D eigenvalue weighted by atomic mass is 79.9. The van der Waals surface area contributed by atoms with E-state index in [9.17, 15) is 9.18 Å². The van der Waals surface area contributed by atoms with E-state index in [0.717, 1.165) is 5.56 Å². The molecular weight excluding hydrogens is 265 g/mol. The number of hydrogen-bond acceptors (Lipinski definition) is 2. The van der Waals surface area contributed by atoms with E-state index in [1.165, 1.54) is 6.07 Å². The number of carbonyl (C=O) groups excluding carboxylic acids is 1. The predicted octanol–water partition coefficient (Wildman–Crippen LogP) is 2.76. The Morgan fingerprint density at radius 1 is 1.53 bits per heavy atom. The molecule has 0 aliphatic carbocycles. The second-order valence-electron chi connectivity index (χ2n) is 3.30. The lowest BCUT2D eigenvalue weighted by Crippen LogP contribution is -2.35. The van der Waals surface area contributed by atoms with E-state index >= 15 is 0 Å². The summed E-state index contributed by atoms with van der Waals surface area (Å²) in [7, 11) is 0. The van der Waals surface area contributed by atoms with Crippen molar-refractivity contribution in [2.45, 2.75) is 12.5 Å². The van der Waals surface area contributed by atoms with Gasteiger partial charge in [0.1, 0.15) is 5.82 Å². The third-order valence-corrected chi connectivity index (χ3v) is 2.92. The molecule has 0 spiro atoms. The van der Waals surface area contributed by atoms with Crippen LogP contribution in [0.1, 0.15) is 18.0 Å². The van der Waals surface area contributed by atoms with Crippen LogP contribution in [0.15, 0.2) is 22.7 Å². The molecule has 5 heteroatoms. The molecule has 0 aromatic heterocycles. The largest absolute Gasteiger partial charge is 0.449 e. The number of hydrogen-bond donors (Lipinski definition) is 1. The summed E-state index contributed by atoms with van der Waals surface area (Å²) in [4.78, 5) is 11.0. The van der Waals surface area contributed by atoms with Crippen molar-refractivity contribution in [1.82, 2.24) is 5.32 Å². The molecule has 1 aromatic carbocycles. The number of ether oxygens (including phenoxy) is 1. The van der Waals surface area contributed by atoms with E-state index in [4.69, 9.17) is 4.74 Å². The molecule has 3 nitrogen and oxygen atoms in total. The van der Waals surface area contributed by atoms with Crippen LogP contribution in [0.4, 0.5) is 9.18 Å². The number of rotatable bonds is 1. The molecule has 1 aromatic rings. The van der Waals surface area contributed by atoms with E-state index in [2.05, 4.69) is 21.2 Å². The number of benzene rings is 1. The Morgan fingerprint density at radius 3 is 3.00 bits per heavy atom. The Kier molecular flexibility index (Phi) is 2.90. The monoisotopic (exact) mass is 273 g/mol. The summed E-state index contributed by atoms with van der Waals surface area (Å²) >= 11 is 3.08. The van der Waals surface area contributed by atoms with Crippen LogP contribution >= 0.6 is 15.9 Å². The highest BCUT2D eigenvalue weighted by molar-refractivity contribution is 9.10. The summed E-state index contributed by atoms with van der Waals surface area (Å²) in [6, 6.07) is 4.67. The smallest absolute Gasteiger partial charge is 0.407 e. The van der Waals surface area contributed by atoms with E-state index in [0.29, 0.717) is 17.5 Å². The van der Waals surface area contributed by atoms with Crippen molar-refractivity contribution in [3.8, 4) is 0 Å². The fourth-order valence-electron chi connectivity index (χ4n) is 1.50. The Hall–Kier alpha value is -1.10. The Morgan fingerprint density at radius 2 is 2.33 bits per heavy atom. The van der Waals surface area contributed by atoms with E-state index in [1.54, 1.807) is 12.1 Å². The molecule has 1 N–H and O–H groups in total. The lowest BCUT2D eigenvalue weighted by molar-refractivity contribution is 0.115. The maximum atomic E-state index is 13.2. The first-order valence-corrected chi connectivity index (χ1v) is 5.34. The SMILES string of the molecule is O=C1N[C@@H](c2ccc(Br)c(F)c2)CCO1. The zero-order valence-corrected chi connectivity index (χ0v) is 9.38. The second-order valence-corrected chi connectivity index (χ2v) is 4.15. The number of amides is 1. The molecule has 0 bridgehead atoms. The van der Waals surface area contributed by atoms with Gasteiger partial charge in [0.15, 0.2) is 0 Å². The topological polar surface area (TPSA) is 38.3 Å². The van der Waals surface area contributed by atoms with Gasteiger partial charge < -0.3 is 10.1 Å². The molecule has 2 rings (SSSR count). The summed E-state index contributed by atoms with van der Waals surface area (Å²) in [6.07, 6.45) is 0.210. The van der Waals surface area contributed by atoms with Gasteiger partial charge in [-0.15, -0.1) is 0 Å². The lowest BCUT2D eigenvalue weighted by atomic mass is 10.0. The molecule has 80 valence electrons. The summed E-state index contributed by atoms with van der Waals surface area (Å²) in [6.45, 7) is 0.369. The van der Waals surface area contributed by atoms with Gasteiger partial charge in [0.05, 0.1) is 17.1 Å². The zero-order chi connectivity index (χ0) is 10.8. The first kappa shape index (κ1) is 10.4. The van der Waals surface area contributed by atoms with Crippen molar-refractivity contribution in [2.24, 2.45) is 0 Å². The van der Waals surface area contributed by atoms with Crippen LogP contribution in [0, 0.1) is 5.82 Å². The molecule has 1 heterocycles. The molecule has 1 aliphatic rings. The van der Waals surface area contributed by atoms with Gasteiger partial charge in [-0.05, 0) is 33.6 Å². The third kappa shape index (κ3) is 2.28. The van der Waals surface area contributed by atoms with Gasteiger partial charge in [-0.2, -0.15) is 0 Å². The standard InChI is InChI=1S/C10H9BrFNO2/c11-7-2-1-6(5-8(7)12)9-3-4-15-10(14)13-9/h1-2,5,9H,3-4H2,(H,13,14)/t9-/m1/s1. The normalized spacial score (nSPS) is 20.7. The minimum absolute atomic E-state index is 0.158. The van der Waals surface area contributed by atoms with Crippen LogP contribution in [0.3, 0.4) is 0 Å². The van der Waals surface area contributed by atoms with Crippen molar-refractivity contribution in [1.29, 1.82) is 0 Å². The lowest BCUT2D eigenvalue weighted by Gasteiger charge is -2.23. The van der Waals surface area contributed by atoms with Gasteiger partial charge in [-0.3, -0.25) is 0 Å². The number of halogens is 2. The molecular formula is C10H9BrFNO2. The molecule has 1 saturated heterocycles. The number of nitrogens with one attached hydrogen (secondary N) is 1. The third-order valence-electron chi connectivity index (χ3n) is 2.28. The fraction of sp³-hybridized carbons (Fsp3) is 0.300. The van der Waals surface area contributed by atoms with Crippen molar-refractivity contribution in [2.75, 3.05) is 6.61 Å². The summed E-state index contributed by atoms with van der Waals surface area (Å²) in [5.41, 5.74) is 0.757. The minimum Gasteiger partial charge on any atom is -0.449 e. The van der Waals surface area contributed by atoms with Crippen LogP contribution in [0.25, 0.3) is 0 Å². The predicted molar refractivity (Wildman–Crippen MR) is 55.9 cm³/mol. The van der Waals surface area contributed by atoms with E-state index in [1.807, 2.05) is 0 Å². The summed E-state index contributed by atoms with van der Waals surface area (Å²) < 4.78 is 18.4. The van der Waals surface area contributed by atoms with Crippen molar-refractivity contribution < 1.29 is 13.9 Å². The fourth-order valence-corrected chi connectivity index (χ4v) is 1.75. The summed E-state index contributed by atoms with van der Waals surface area (Å²) in [5.74, 6) is -0.326. The molecule has 0 unspecified atom stereocenters. The van der Waals surface area contributed by atoms with Crippen molar-refractivity contribution >= 4 is 22.0 Å². The molecule has 15 heavy (non-hydrogen) atoms. The van der Waals surface area contributed by atoms with Gasteiger partial charge in [0, 0.05) is 6.42 Å². The van der Waals surface area contributed by atoms with Crippen molar-refractivity contribution in [3.63, 3.8) is 0 Å². The van der Waals surface area contributed by atoms with Crippen LogP contribution < -0.4 is 5.32 Å². The average Bonchev–Trinajstić information content (AvgIpc) is 2.22. The van der Waals surface area contributed by atoms with E-state index < -0.39 is 6.09 Å². The molecule has 1 fully saturated rings. The molecule has 1 amide bonds. The number of carbonyl (C=O) groups is 1. The van der Waals surface area contributed by atoms with Gasteiger partial charge in [-0.25, -0.2) is 9.18 Å². The maximum Gasteiger partial charge on any atom is 0.407 e. The zero-order valence-electron chi connectivity index (χ0n) is 7.80.